The van der Waals surface area contributed by atoms with Crippen molar-refractivity contribution in [3.05, 3.63) is 30.5 Å². The Hall–Kier alpha value is -1.77. The van der Waals surface area contributed by atoms with Gasteiger partial charge in [0.15, 0.2) is 0 Å². The van der Waals surface area contributed by atoms with E-state index in [-0.39, 0.29) is 0 Å². The largest absolute Gasteiger partial charge is 0.497 e. The number of methoxy groups -OCH3 is 2. The van der Waals surface area contributed by atoms with Gasteiger partial charge >= 0.3 is 0 Å². The van der Waals surface area contributed by atoms with E-state index in [9.17, 15) is 0 Å². The van der Waals surface area contributed by atoms with Gasteiger partial charge in [-0.25, -0.2) is 0 Å². The van der Waals surface area contributed by atoms with Crippen LogP contribution in [0.25, 0.3) is 10.9 Å². The van der Waals surface area contributed by atoms with Gasteiger partial charge in [-0.1, -0.05) is 0 Å². The summed E-state index contributed by atoms with van der Waals surface area (Å²) < 4.78 is 10.4. The number of hydrogen-bond acceptors (Lipinski definition) is 3. The van der Waals surface area contributed by atoms with Gasteiger partial charge in [0.1, 0.15) is 11.5 Å². The minimum Gasteiger partial charge on any atom is -0.497 e. The summed E-state index contributed by atoms with van der Waals surface area (Å²) in [5, 5.41) is 0.996. The standard InChI is InChI=1S/C11H11NO2/c1-13-8-6-10-9(4-3-5-12-10)11(7-8)14-2/h3-7H,1-2H3. The van der Waals surface area contributed by atoms with E-state index in [1.165, 1.54) is 0 Å². The van der Waals surface area contributed by atoms with Crippen LogP contribution < -0.4 is 9.47 Å². The molecule has 0 saturated heterocycles. The zero-order valence-electron chi connectivity index (χ0n) is 8.15. The molecule has 0 unspecified atom stereocenters. The zero-order valence-corrected chi connectivity index (χ0v) is 8.15. The first-order valence-corrected chi connectivity index (χ1v) is 4.32. The maximum Gasteiger partial charge on any atom is 0.131 e. The van der Waals surface area contributed by atoms with E-state index in [0.29, 0.717) is 0 Å². The van der Waals surface area contributed by atoms with Crippen molar-refractivity contribution in [1.29, 1.82) is 0 Å². The maximum absolute atomic E-state index is 5.25. The highest BCUT2D eigenvalue weighted by Gasteiger charge is 2.04. The summed E-state index contributed by atoms with van der Waals surface area (Å²) in [7, 11) is 3.27. The Bertz CT molecular complexity index is 454. The Morgan fingerprint density at radius 2 is 2.00 bits per heavy atom. The van der Waals surface area contributed by atoms with Crippen molar-refractivity contribution in [3.63, 3.8) is 0 Å². The summed E-state index contributed by atoms with van der Waals surface area (Å²) in [6.07, 6.45) is 1.75. The van der Waals surface area contributed by atoms with Gasteiger partial charge in [-0.05, 0) is 12.1 Å². The van der Waals surface area contributed by atoms with Crippen LogP contribution >= 0.6 is 0 Å². The molecule has 1 aromatic carbocycles. The number of fused-ring (bicyclic) bond motifs is 1. The predicted molar refractivity (Wildman–Crippen MR) is 54.8 cm³/mol. The van der Waals surface area contributed by atoms with Crippen LogP contribution in [0.1, 0.15) is 0 Å². The van der Waals surface area contributed by atoms with Gasteiger partial charge in [0.25, 0.3) is 0 Å². The summed E-state index contributed by atoms with van der Waals surface area (Å²) in [6.45, 7) is 0. The first-order valence-electron chi connectivity index (χ1n) is 4.32. The van der Waals surface area contributed by atoms with Crippen LogP contribution in [-0.4, -0.2) is 19.2 Å². The van der Waals surface area contributed by atoms with E-state index in [1.807, 2.05) is 24.3 Å². The topological polar surface area (TPSA) is 31.4 Å². The lowest BCUT2D eigenvalue weighted by molar-refractivity contribution is 0.398. The third kappa shape index (κ3) is 1.37. The van der Waals surface area contributed by atoms with Gasteiger partial charge in [-0.15, -0.1) is 0 Å². The molecule has 1 aromatic heterocycles. The number of nitrogens with zero attached hydrogens (tertiary/aromatic N) is 1. The maximum atomic E-state index is 5.25. The first-order chi connectivity index (χ1) is 6.85. The van der Waals surface area contributed by atoms with Crippen molar-refractivity contribution < 1.29 is 9.47 Å². The van der Waals surface area contributed by atoms with Crippen LogP contribution in [0.2, 0.25) is 0 Å². The number of hydrogen-bond donors (Lipinski definition) is 0. The molecule has 0 aliphatic carbocycles. The smallest absolute Gasteiger partial charge is 0.131 e. The normalized spacial score (nSPS) is 10.1. The summed E-state index contributed by atoms with van der Waals surface area (Å²) in [5.41, 5.74) is 0.878. The summed E-state index contributed by atoms with van der Waals surface area (Å²) in [4.78, 5) is 4.24. The number of pyridine rings is 1. The highest BCUT2D eigenvalue weighted by molar-refractivity contribution is 5.86. The molecule has 2 aromatic rings. The third-order valence-electron chi connectivity index (χ3n) is 2.11. The third-order valence-corrected chi connectivity index (χ3v) is 2.11. The van der Waals surface area contributed by atoms with Crippen molar-refractivity contribution in [1.82, 2.24) is 4.98 Å². The van der Waals surface area contributed by atoms with E-state index in [2.05, 4.69) is 4.98 Å². The van der Waals surface area contributed by atoms with E-state index in [1.54, 1.807) is 20.4 Å². The molecule has 0 bridgehead atoms. The summed E-state index contributed by atoms with van der Waals surface area (Å²) >= 11 is 0. The quantitative estimate of drug-likeness (QED) is 0.726. The Morgan fingerprint density at radius 3 is 2.71 bits per heavy atom. The second-order valence-electron chi connectivity index (χ2n) is 2.90. The fourth-order valence-corrected chi connectivity index (χ4v) is 1.41. The van der Waals surface area contributed by atoms with E-state index >= 15 is 0 Å². The molecule has 0 radical (unpaired) electrons. The molecule has 0 aliphatic rings. The molecule has 0 atom stereocenters. The summed E-state index contributed by atoms with van der Waals surface area (Å²) in [6, 6.07) is 7.60. The van der Waals surface area contributed by atoms with Crippen LogP contribution in [0.3, 0.4) is 0 Å². The zero-order chi connectivity index (χ0) is 9.97. The highest BCUT2D eigenvalue weighted by Crippen LogP contribution is 2.29. The SMILES string of the molecule is COc1cc(OC)c2cccnc2c1. The Kier molecular flexibility index (Phi) is 2.23. The Labute approximate surface area is 82.3 Å². The van der Waals surface area contributed by atoms with Crippen LogP contribution in [0, 0.1) is 0 Å². The van der Waals surface area contributed by atoms with E-state index in [4.69, 9.17) is 9.47 Å². The van der Waals surface area contributed by atoms with Crippen molar-refractivity contribution in [3.8, 4) is 11.5 Å². The van der Waals surface area contributed by atoms with Crippen LogP contribution in [0.15, 0.2) is 30.5 Å². The van der Waals surface area contributed by atoms with Crippen LogP contribution in [-0.2, 0) is 0 Å². The van der Waals surface area contributed by atoms with Crippen molar-refractivity contribution in [2.75, 3.05) is 14.2 Å². The Balaban J connectivity index is 2.73. The number of aromatic nitrogens is 1. The van der Waals surface area contributed by atoms with Crippen molar-refractivity contribution in [2.45, 2.75) is 0 Å². The fourth-order valence-electron chi connectivity index (χ4n) is 1.41. The monoisotopic (exact) mass is 189 g/mol. The molecule has 3 heteroatoms. The van der Waals surface area contributed by atoms with Gasteiger partial charge in [-0.3, -0.25) is 4.98 Å². The highest BCUT2D eigenvalue weighted by atomic mass is 16.5. The average molecular weight is 189 g/mol. The van der Waals surface area contributed by atoms with Crippen LogP contribution in [0.5, 0.6) is 11.5 Å². The molecule has 0 aliphatic heterocycles. The molecule has 3 nitrogen and oxygen atoms in total. The van der Waals surface area contributed by atoms with Gasteiger partial charge in [0, 0.05) is 23.7 Å². The lowest BCUT2D eigenvalue weighted by Crippen LogP contribution is -1.89. The minimum atomic E-state index is 0.757. The number of benzene rings is 1. The molecule has 1 heterocycles. The molecule has 0 fully saturated rings. The summed E-state index contributed by atoms with van der Waals surface area (Å²) in [5.74, 6) is 1.54. The van der Waals surface area contributed by atoms with Gasteiger partial charge in [0.2, 0.25) is 0 Å². The molecule has 0 N–H and O–H groups in total. The predicted octanol–water partition coefficient (Wildman–Crippen LogP) is 2.25. The molecule has 72 valence electrons. The fraction of sp³-hybridized carbons (Fsp3) is 0.182. The van der Waals surface area contributed by atoms with E-state index < -0.39 is 0 Å². The number of ether oxygens (including phenoxy) is 2. The minimum absolute atomic E-state index is 0.757. The van der Waals surface area contributed by atoms with Crippen molar-refractivity contribution in [2.24, 2.45) is 0 Å². The van der Waals surface area contributed by atoms with Gasteiger partial charge in [-0.2, -0.15) is 0 Å². The molecule has 2 rings (SSSR count). The van der Waals surface area contributed by atoms with Gasteiger partial charge in [0.05, 0.1) is 19.7 Å². The average Bonchev–Trinajstić information content (AvgIpc) is 2.27. The van der Waals surface area contributed by atoms with Crippen LogP contribution in [0.4, 0.5) is 0 Å². The lowest BCUT2D eigenvalue weighted by Gasteiger charge is -2.07. The van der Waals surface area contributed by atoms with Gasteiger partial charge < -0.3 is 9.47 Å². The number of rotatable bonds is 2. The molecule has 0 spiro atoms. The van der Waals surface area contributed by atoms with E-state index in [0.717, 1.165) is 22.4 Å². The first kappa shape index (κ1) is 8.81. The molecule has 0 saturated carbocycles. The second-order valence-corrected chi connectivity index (χ2v) is 2.90. The molecular formula is C11H11NO2. The second kappa shape index (κ2) is 3.54. The lowest BCUT2D eigenvalue weighted by atomic mass is 10.2. The Morgan fingerprint density at radius 1 is 1.14 bits per heavy atom. The molecule has 14 heavy (non-hydrogen) atoms. The molecular weight excluding hydrogens is 178 g/mol. The molecule has 0 amide bonds. The van der Waals surface area contributed by atoms with Crippen molar-refractivity contribution >= 4 is 10.9 Å².